The zero-order chi connectivity index (χ0) is 13.7. The Morgan fingerprint density at radius 1 is 1.16 bits per heavy atom. The van der Waals surface area contributed by atoms with E-state index in [-0.39, 0.29) is 0 Å². The van der Waals surface area contributed by atoms with E-state index >= 15 is 0 Å². The van der Waals surface area contributed by atoms with Gasteiger partial charge in [-0.2, -0.15) is 0 Å². The Balaban J connectivity index is 1.93. The lowest BCUT2D eigenvalue weighted by Gasteiger charge is -2.26. The Bertz CT molecular complexity index is 376. The molecule has 0 aromatic heterocycles. The van der Waals surface area contributed by atoms with Crippen LogP contribution in [0.15, 0.2) is 18.2 Å². The van der Waals surface area contributed by atoms with Gasteiger partial charge in [0.1, 0.15) is 0 Å². The maximum atomic E-state index is 5.44. The molecule has 0 bridgehead atoms. The Kier molecular flexibility index (Phi) is 5.41. The van der Waals surface area contributed by atoms with Crippen LogP contribution in [0.4, 0.5) is 0 Å². The van der Waals surface area contributed by atoms with Crippen molar-refractivity contribution >= 4 is 0 Å². The van der Waals surface area contributed by atoms with Crippen molar-refractivity contribution < 1.29 is 4.74 Å². The summed E-state index contributed by atoms with van der Waals surface area (Å²) in [6, 6.07) is 7.48. The van der Waals surface area contributed by atoms with Crippen LogP contribution < -0.4 is 5.32 Å². The minimum atomic E-state index is 0.587. The molecule has 0 saturated carbocycles. The van der Waals surface area contributed by atoms with Crippen molar-refractivity contribution in [1.82, 2.24) is 5.32 Å². The number of nitrogens with one attached hydrogen (secondary N) is 1. The molecule has 1 heterocycles. The highest BCUT2D eigenvalue weighted by molar-refractivity contribution is 5.29. The van der Waals surface area contributed by atoms with Crippen LogP contribution in [0.1, 0.15) is 36.0 Å². The van der Waals surface area contributed by atoms with Crippen LogP contribution in [-0.4, -0.2) is 26.3 Å². The molecule has 1 N–H and O–H groups in total. The van der Waals surface area contributed by atoms with E-state index in [4.69, 9.17) is 4.74 Å². The second kappa shape index (κ2) is 7.06. The molecule has 1 saturated heterocycles. The molecule has 2 rings (SSSR count). The van der Waals surface area contributed by atoms with Crippen LogP contribution >= 0.6 is 0 Å². The summed E-state index contributed by atoms with van der Waals surface area (Å²) in [6.45, 7) is 6.27. The topological polar surface area (TPSA) is 21.3 Å². The number of benzene rings is 1. The van der Waals surface area contributed by atoms with E-state index in [0.29, 0.717) is 6.04 Å². The van der Waals surface area contributed by atoms with Crippen molar-refractivity contribution in [2.45, 2.75) is 45.6 Å². The molecule has 0 radical (unpaired) electrons. The van der Waals surface area contributed by atoms with Crippen LogP contribution in [0.2, 0.25) is 0 Å². The molecule has 19 heavy (non-hydrogen) atoms. The summed E-state index contributed by atoms with van der Waals surface area (Å²) in [6.07, 6.45) is 4.86. The molecule has 1 aromatic rings. The molecule has 2 nitrogen and oxygen atoms in total. The van der Waals surface area contributed by atoms with E-state index < -0.39 is 0 Å². The molecule has 1 atom stereocenters. The van der Waals surface area contributed by atoms with Gasteiger partial charge in [0.2, 0.25) is 0 Å². The van der Waals surface area contributed by atoms with Crippen LogP contribution in [-0.2, 0) is 11.2 Å². The largest absolute Gasteiger partial charge is 0.381 e. The second-order valence-corrected chi connectivity index (χ2v) is 5.98. The van der Waals surface area contributed by atoms with Gasteiger partial charge in [-0.3, -0.25) is 0 Å². The first kappa shape index (κ1) is 14.5. The summed E-state index contributed by atoms with van der Waals surface area (Å²) in [5, 5.41) is 3.50. The predicted octanol–water partition coefficient (Wildman–Crippen LogP) is 3.25. The zero-order valence-corrected chi connectivity index (χ0v) is 12.5. The number of aryl methyl sites for hydroxylation is 2. The fraction of sp³-hybridized carbons (Fsp3) is 0.647. The maximum absolute atomic E-state index is 5.44. The van der Waals surface area contributed by atoms with Gasteiger partial charge < -0.3 is 10.1 Å². The van der Waals surface area contributed by atoms with E-state index in [1.165, 1.54) is 36.0 Å². The summed E-state index contributed by atoms with van der Waals surface area (Å²) in [7, 11) is 2.09. The van der Waals surface area contributed by atoms with E-state index in [0.717, 1.165) is 25.6 Å². The van der Waals surface area contributed by atoms with Crippen LogP contribution in [0.3, 0.4) is 0 Å². The third-order valence-electron chi connectivity index (χ3n) is 4.13. The van der Waals surface area contributed by atoms with Crippen molar-refractivity contribution in [1.29, 1.82) is 0 Å². The van der Waals surface area contributed by atoms with E-state index in [2.05, 4.69) is 44.4 Å². The highest BCUT2D eigenvalue weighted by Crippen LogP contribution is 2.22. The molecule has 106 valence electrons. The Morgan fingerprint density at radius 2 is 1.79 bits per heavy atom. The first-order valence-electron chi connectivity index (χ1n) is 7.49. The van der Waals surface area contributed by atoms with Crippen LogP contribution in [0.25, 0.3) is 0 Å². The van der Waals surface area contributed by atoms with Gasteiger partial charge in [-0.15, -0.1) is 0 Å². The van der Waals surface area contributed by atoms with Crippen molar-refractivity contribution in [3.05, 3.63) is 34.9 Å². The summed E-state index contributed by atoms with van der Waals surface area (Å²) >= 11 is 0. The Hall–Kier alpha value is -0.860. The quantitative estimate of drug-likeness (QED) is 0.878. The van der Waals surface area contributed by atoms with E-state index in [1.54, 1.807) is 0 Å². The summed E-state index contributed by atoms with van der Waals surface area (Å²) in [5.74, 6) is 0.831. The Morgan fingerprint density at radius 3 is 2.37 bits per heavy atom. The molecule has 0 amide bonds. The molecule has 1 unspecified atom stereocenters. The highest BCUT2D eigenvalue weighted by Gasteiger charge is 2.18. The monoisotopic (exact) mass is 261 g/mol. The molecule has 2 heteroatoms. The Labute approximate surface area is 117 Å². The highest BCUT2D eigenvalue weighted by atomic mass is 16.5. The standard InChI is InChI=1S/C17H27NO/c1-13-8-14(2)10-16(9-13)12-17(18-3)11-15-4-6-19-7-5-15/h8-10,15,17-18H,4-7,11-12H2,1-3H3. The summed E-state index contributed by atoms with van der Waals surface area (Å²) in [5.41, 5.74) is 4.20. The maximum Gasteiger partial charge on any atom is 0.0468 e. The lowest BCUT2D eigenvalue weighted by molar-refractivity contribution is 0.0608. The van der Waals surface area contributed by atoms with Gasteiger partial charge in [-0.1, -0.05) is 29.3 Å². The summed E-state index contributed by atoms with van der Waals surface area (Å²) in [4.78, 5) is 0. The minimum absolute atomic E-state index is 0.587. The number of ether oxygens (including phenoxy) is 1. The predicted molar refractivity (Wildman–Crippen MR) is 80.6 cm³/mol. The average Bonchev–Trinajstić information content (AvgIpc) is 2.38. The van der Waals surface area contributed by atoms with Crippen LogP contribution in [0, 0.1) is 19.8 Å². The fourth-order valence-electron chi connectivity index (χ4n) is 3.16. The third-order valence-corrected chi connectivity index (χ3v) is 4.13. The molecule has 1 aliphatic rings. The van der Waals surface area contributed by atoms with Gasteiger partial charge >= 0.3 is 0 Å². The van der Waals surface area contributed by atoms with Crippen LogP contribution in [0.5, 0.6) is 0 Å². The molecule has 1 fully saturated rings. The number of hydrogen-bond acceptors (Lipinski definition) is 2. The first-order chi connectivity index (χ1) is 9.17. The van der Waals surface area contributed by atoms with E-state index in [1.807, 2.05) is 0 Å². The third kappa shape index (κ3) is 4.63. The average molecular weight is 261 g/mol. The molecular formula is C17H27NO. The number of rotatable bonds is 5. The van der Waals surface area contributed by atoms with Crippen molar-refractivity contribution in [3.63, 3.8) is 0 Å². The minimum Gasteiger partial charge on any atom is -0.381 e. The van der Waals surface area contributed by atoms with Crippen molar-refractivity contribution in [3.8, 4) is 0 Å². The van der Waals surface area contributed by atoms with Crippen molar-refractivity contribution in [2.75, 3.05) is 20.3 Å². The van der Waals surface area contributed by atoms with Gasteiger partial charge in [-0.05, 0) is 58.1 Å². The zero-order valence-electron chi connectivity index (χ0n) is 12.5. The van der Waals surface area contributed by atoms with Crippen molar-refractivity contribution in [2.24, 2.45) is 5.92 Å². The van der Waals surface area contributed by atoms with Gasteiger partial charge in [-0.25, -0.2) is 0 Å². The van der Waals surface area contributed by atoms with Gasteiger partial charge in [0.05, 0.1) is 0 Å². The lowest BCUT2D eigenvalue weighted by Crippen LogP contribution is -2.32. The van der Waals surface area contributed by atoms with Gasteiger partial charge in [0.15, 0.2) is 0 Å². The smallest absolute Gasteiger partial charge is 0.0468 e. The molecule has 1 aromatic carbocycles. The lowest BCUT2D eigenvalue weighted by atomic mass is 9.89. The first-order valence-corrected chi connectivity index (χ1v) is 7.49. The normalized spacial score (nSPS) is 18.5. The molecule has 0 aliphatic carbocycles. The molecular weight excluding hydrogens is 234 g/mol. The summed E-state index contributed by atoms with van der Waals surface area (Å²) < 4.78 is 5.44. The number of hydrogen-bond donors (Lipinski definition) is 1. The van der Waals surface area contributed by atoms with E-state index in [9.17, 15) is 0 Å². The molecule has 1 aliphatic heterocycles. The second-order valence-electron chi connectivity index (χ2n) is 5.98. The fourth-order valence-corrected chi connectivity index (χ4v) is 3.16. The molecule has 0 spiro atoms. The van der Waals surface area contributed by atoms with Gasteiger partial charge in [0.25, 0.3) is 0 Å². The van der Waals surface area contributed by atoms with Gasteiger partial charge in [0, 0.05) is 19.3 Å². The number of likely N-dealkylation sites (N-methyl/N-ethyl adjacent to an activating group) is 1. The SMILES string of the molecule is CNC(Cc1cc(C)cc(C)c1)CC1CCOCC1.